The van der Waals surface area contributed by atoms with E-state index in [2.05, 4.69) is 10.5 Å². The molecule has 0 spiro atoms. The zero-order valence-corrected chi connectivity index (χ0v) is 12.7. The van der Waals surface area contributed by atoms with Gasteiger partial charge < -0.3 is 5.11 Å². The van der Waals surface area contributed by atoms with Crippen LogP contribution in [0.15, 0.2) is 23.3 Å². The molecule has 1 aliphatic carbocycles. The number of aliphatic hydroxyl groups excluding tert-OH is 1. The predicted octanol–water partition coefficient (Wildman–Crippen LogP) is 2.84. The van der Waals surface area contributed by atoms with Gasteiger partial charge in [-0.15, -0.1) is 0 Å². The lowest BCUT2D eigenvalue weighted by Crippen LogP contribution is -2.35. The molecule has 1 aromatic rings. The number of hydrogen-bond acceptors (Lipinski definition) is 7. The van der Waals surface area contributed by atoms with Crippen LogP contribution in [-0.2, 0) is 0 Å². The van der Waals surface area contributed by atoms with Crippen molar-refractivity contribution in [3.63, 3.8) is 0 Å². The van der Waals surface area contributed by atoms with Gasteiger partial charge in [-0.3, -0.25) is 25.7 Å². The van der Waals surface area contributed by atoms with Crippen LogP contribution in [0.4, 0.5) is 17.1 Å². The number of nitrogens with one attached hydrogen (secondary N) is 1. The highest BCUT2D eigenvalue weighted by molar-refractivity contribution is 5.91. The lowest BCUT2D eigenvalue weighted by atomic mass is 9.75. The minimum absolute atomic E-state index is 0.0391. The molecule has 2 N–H and O–H groups in total. The summed E-state index contributed by atoms with van der Waals surface area (Å²) >= 11 is 0. The van der Waals surface area contributed by atoms with E-state index in [9.17, 15) is 25.3 Å². The molecule has 1 aliphatic rings. The van der Waals surface area contributed by atoms with Crippen LogP contribution in [0.5, 0.6) is 0 Å². The molecule has 0 aliphatic heterocycles. The van der Waals surface area contributed by atoms with Crippen LogP contribution in [0.2, 0.25) is 0 Å². The van der Waals surface area contributed by atoms with Gasteiger partial charge in [0.15, 0.2) is 0 Å². The van der Waals surface area contributed by atoms with E-state index < -0.39 is 15.3 Å². The molecule has 124 valence electrons. The van der Waals surface area contributed by atoms with Gasteiger partial charge in [0, 0.05) is 23.3 Å². The zero-order valence-electron chi connectivity index (χ0n) is 12.7. The summed E-state index contributed by atoms with van der Waals surface area (Å²) in [4.78, 5) is 20.4. The van der Waals surface area contributed by atoms with Crippen molar-refractivity contribution >= 4 is 22.8 Å². The van der Waals surface area contributed by atoms with E-state index in [1.54, 1.807) is 0 Å². The molecule has 1 fully saturated rings. The fourth-order valence-electron chi connectivity index (χ4n) is 2.62. The summed E-state index contributed by atoms with van der Waals surface area (Å²) in [5, 5.41) is 35.5. The van der Waals surface area contributed by atoms with Crippen molar-refractivity contribution in [2.75, 3.05) is 12.0 Å². The highest BCUT2D eigenvalue weighted by Crippen LogP contribution is 2.33. The Morgan fingerprint density at radius 3 is 2.35 bits per heavy atom. The van der Waals surface area contributed by atoms with Crippen LogP contribution < -0.4 is 5.43 Å². The second kappa shape index (κ2) is 6.69. The first-order valence-electron chi connectivity index (χ1n) is 7.23. The first kappa shape index (κ1) is 16.8. The SMILES string of the molecule is CC1(CO)CCCC/C1=N\Nc1cc([N+](=O)[O-])cc([N+](=O)[O-])c1. The smallest absolute Gasteiger partial charge is 0.278 e. The lowest BCUT2D eigenvalue weighted by Gasteiger charge is -2.33. The molecular formula is C14H18N4O5. The molecule has 0 radical (unpaired) electrons. The maximum atomic E-state index is 10.9. The number of hydrazone groups is 1. The number of benzene rings is 1. The van der Waals surface area contributed by atoms with Crippen molar-refractivity contribution in [2.24, 2.45) is 10.5 Å². The Balaban J connectivity index is 2.30. The summed E-state index contributed by atoms with van der Waals surface area (Å²) in [5.74, 6) is 0. The number of nitrogens with zero attached hydrogens (tertiary/aromatic N) is 3. The highest BCUT2D eigenvalue weighted by Gasteiger charge is 2.32. The summed E-state index contributed by atoms with van der Waals surface area (Å²) in [6.45, 7) is 1.87. The van der Waals surface area contributed by atoms with E-state index in [1.807, 2.05) is 6.92 Å². The number of non-ortho nitro benzene ring substituents is 2. The molecule has 9 heteroatoms. The third-order valence-electron chi connectivity index (χ3n) is 4.08. The second-order valence-corrected chi connectivity index (χ2v) is 5.85. The molecule has 0 bridgehead atoms. The number of hydrogen-bond donors (Lipinski definition) is 2. The van der Waals surface area contributed by atoms with Crippen molar-refractivity contribution in [2.45, 2.75) is 32.6 Å². The number of aliphatic hydroxyl groups is 1. The second-order valence-electron chi connectivity index (χ2n) is 5.85. The van der Waals surface area contributed by atoms with Gasteiger partial charge >= 0.3 is 0 Å². The number of nitro groups is 2. The van der Waals surface area contributed by atoms with Crippen LogP contribution in [0, 0.1) is 25.6 Å². The molecule has 1 saturated carbocycles. The van der Waals surface area contributed by atoms with E-state index in [0.717, 1.165) is 31.0 Å². The Morgan fingerprint density at radius 1 is 1.22 bits per heavy atom. The van der Waals surface area contributed by atoms with E-state index >= 15 is 0 Å². The molecule has 1 unspecified atom stereocenters. The van der Waals surface area contributed by atoms with Gasteiger partial charge in [0.1, 0.15) is 0 Å². The van der Waals surface area contributed by atoms with Crippen molar-refractivity contribution in [3.8, 4) is 0 Å². The molecule has 0 amide bonds. The molecule has 23 heavy (non-hydrogen) atoms. The van der Waals surface area contributed by atoms with Crippen LogP contribution in [0.3, 0.4) is 0 Å². The Hall–Kier alpha value is -2.55. The van der Waals surface area contributed by atoms with Crippen molar-refractivity contribution in [1.82, 2.24) is 0 Å². The number of rotatable bonds is 5. The van der Waals surface area contributed by atoms with E-state index in [-0.39, 0.29) is 23.7 Å². The van der Waals surface area contributed by atoms with E-state index in [1.165, 1.54) is 12.1 Å². The monoisotopic (exact) mass is 322 g/mol. The standard InChI is InChI=1S/C14H18N4O5/c1-14(9-19)5-3-2-4-13(14)16-15-10-6-11(17(20)21)8-12(7-10)18(22)23/h6-8,15,19H,2-5,9H2,1H3/b16-13+. The van der Waals surface area contributed by atoms with Crippen LogP contribution in [0.1, 0.15) is 32.6 Å². The van der Waals surface area contributed by atoms with Crippen LogP contribution in [0.25, 0.3) is 0 Å². The quantitative estimate of drug-likeness (QED) is 0.633. The predicted molar refractivity (Wildman–Crippen MR) is 84.5 cm³/mol. The van der Waals surface area contributed by atoms with Crippen molar-refractivity contribution in [3.05, 3.63) is 38.4 Å². The largest absolute Gasteiger partial charge is 0.395 e. The van der Waals surface area contributed by atoms with Crippen molar-refractivity contribution < 1.29 is 15.0 Å². The topological polar surface area (TPSA) is 131 Å². The van der Waals surface area contributed by atoms with Gasteiger partial charge in [0.25, 0.3) is 11.4 Å². The Kier molecular flexibility index (Phi) is 4.89. The average Bonchev–Trinajstić information content (AvgIpc) is 2.53. The molecule has 1 aromatic carbocycles. The summed E-state index contributed by atoms with van der Waals surface area (Å²) in [7, 11) is 0. The number of nitro benzene ring substituents is 2. The minimum atomic E-state index is -0.691. The molecule has 0 heterocycles. The maximum Gasteiger partial charge on any atom is 0.278 e. The summed E-state index contributed by atoms with van der Waals surface area (Å²) in [6.07, 6.45) is 3.46. The normalized spacial score (nSPS) is 22.8. The average molecular weight is 322 g/mol. The van der Waals surface area contributed by atoms with Gasteiger partial charge in [-0.2, -0.15) is 5.10 Å². The van der Waals surface area contributed by atoms with Gasteiger partial charge in [0.2, 0.25) is 0 Å². The first-order valence-corrected chi connectivity index (χ1v) is 7.23. The lowest BCUT2D eigenvalue weighted by molar-refractivity contribution is -0.394. The fourth-order valence-corrected chi connectivity index (χ4v) is 2.62. The molecule has 2 rings (SSSR count). The summed E-state index contributed by atoms with van der Waals surface area (Å²) in [5.41, 5.74) is 2.41. The third kappa shape index (κ3) is 3.81. The Bertz CT molecular complexity index is 628. The molecule has 9 nitrogen and oxygen atoms in total. The summed E-state index contributed by atoms with van der Waals surface area (Å²) in [6, 6.07) is 3.28. The minimum Gasteiger partial charge on any atom is -0.395 e. The number of anilines is 1. The van der Waals surface area contributed by atoms with Crippen LogP contribution >= 0.6 is 0 Å². The van der Waals surface area contributed by atoms with Gasteiger partial charge in [-0.25, -0.2) is 0 Å². The summed E-state index contributed by atoms with van der Waals surface area (Å²) < 4.78 is 0. The molecule has 0 saturated heterocycles. The third-order valence-corrected chi connectivity index (χ3v) is 4.08. The molecule has 1 atom stereocenters. The zero-order chi connectivity index (χ0) is 17.0. The fraction of sp³-hybridized carbons (Fsp3) is 0.500. The highest BCUT2D eigenvalue weighted by atomic mass is 16.6. The van der Waals surface area contributed by atoms with Gasteiger partial charge in [0.05, 0.1) is 28.2 Å². The van der Waals surface area contributed by atoms with Crippen molar-refractivity contribution in [1.29, 1.82) is 0 Å². The Morgan fingerprint density at radius 2 is 1.83 bits per heavy atom. The maximum absolute atomic E-state index is 10.9. The molecular weight excluding hydrogens is 304 g/mol. The van der Waals surface area contributed by atoms with Crippen LogP contribution in [-0.4, -0.2) is 27.3 Å². The van der Waals surface area contributed by atoms with Gasteiger partial charge in [-0.1, -0.05) is 13.3 Å². The van der Waals surface area contributed by atoms with E-state index in [4.69, 9.17) is 0 Å². The Labute approximate surface area is 132 Å². The van der Waals surface area contributed by atoms with Gasteiger partial charge in [-0.05, 0) is 19.3 Å². The first-order chi connectivity index (χ1) is 10.9. The van der Waals surface area contributed by atoms with E-state index in [0.29, 0.717) is 6.42 Å². The molecule has 0 aromatic heterocycles.